The number of hydrogen-bond acceptors (Lipinski definition) is 3. The van der Waals surface area contributed by atoms with Gasteiger partial charge in [0.15, 0.2) is 0 Å². The average molecular weight is 239 g/mol. The summed E-state index contributed by atoms with van der Waals surface area (Å²) in [7, 11) is 0. The predicted molar refractivity (Wildman–Crippen MR) is 60.2 cm³/mol. The minimum atomic E-state index is -0.953. The quantitative estimate of drug-likeness (QED) is 0.844. The Morgan fingerprint density at radius 1 is 1.41 bits per heavy atom. The van der Waals surface area contributed by atoms with E-state index >= 15 is 0 Å². The summed E-state index contributed by atoms with van der Waals surface area (Å²) in [6, 6.07) is 6.24. The maximum absolute atomic E-state index is 12.5. The first kappa shape index (κ1) is 11.9. The van der Waals surface area contributed by atoms with Crippen LogP contribution in [0, 0.1) is 0 Å². The molecule has 5 heteroatoms. The van der Waals surface area contributed by atoms with Gasteiger partial charge in [0, 0.05) is 19.6 Å². The van der Waals surface area contributed by atoms with E-state index in [1.54, 1.807) is 12.1 Å². The highest BCUT2D eigenvalue weighted by Gasteiger charge is 2.25. The van der Waals surface area contributed by atoms with Gasteiger partial charge in [0.1, 0.15) is 18.5 Å². The molecule has 0 amide bonds. The van der Waals surface area contributed by atoms with Gasteiger partial charge < -0.3 is 9.84 Å². The Labute approximate surface area is 98.6 Å². The summed E-state index contributed by atoms with van der Waals surface area (Å²) in [6.07, 6.45) is -0.690. The normalized spacial score (nSPS) is 16.5. The number of alkyl halides is 1. The number of carbonyl (C=O) groups is 1. The molecule has 4 nitrogen and oxygen atoms in total. The molecule has 1 heterocycles. The van der Waals surface area contributed by atoms with E-state index in [1.165, 1.54) is 12.1 Å². The Morgan fingerprint density at radius 2 is 2.06 bits per heavy atom. The third-order valence-electron chi connectivity index (χ3n) is 2.69. The number of aromatic carboxylic acids is 1. The molecule has 0 spiro atoms. The van der Waals surface area contributed by atoms with Crippen molar-refractivity contribution in [2.75, 3.05) is 26.2 Å². The predicted octanol–water partition coefficient (Wildman–Crippen LogP) is 1.42. The van der Waals surface area contributed by atoms with Crippen LogP contribution in [0.2, 0.25) is 0 Å². The SMILES string of the molecule is O=C(O)c1ccc(OCCN2CC(F)C2)cc1. The number of likely N-dealkylation sites (tertiary alicyclic amines) is 1. The third-order valence-corrected chi connectivity index (χ3v) is 2.69. The fourth-order valence-electron chi connectivity index (χ4n) is 1.68. The number of hydrogen-bond donors (Lipinski definition) is 1. The van der Waals surface area contributed by atoms with Gasteiger partial charge in [-0.2, -0.15) is 0 Å². The molecule has 0 aliphatic carbocycles. The van der Waals surface area contributed by atoms with E-state index in [-0.39, 0.29) is 5.56 Å². The largest absolute Gasteiger partial charge is 0.492 e. The molecule has 1 aromatic carbocycles. The van der Waals surface area contributed by atoms with E-state index in [4.69, 9.17) is 9.84 Å². The molecule has 2 rings (SSSR count). The van der Waals surface area contributed by atoms with Gasteiger partial charge in [-0.15, -0.1) is 0 Å². The van der Waals surface area contributed by atoms with Crippen LogP contribution in [-0.4, -0.2) is 48.4 Å². The smallest absolute Gasteiger partial charge is 0.335 e. The Balaban J connectivity index is 1.73. The number of halogens is 1. The fourth-order valence-corrected chi connectivity index (χ4v) is 1.68. The van der Waals surface area contributed by atoms with Crippen molar-refractivity contribution in [3.8, 4) is 5.75 Å². The number of carboxylic acids is 1. The minimum Gasteiger partial charge on any atom is -0.492 e. The molecular weight excluding hydrogens is 225 g/mol. The van der Waals surface area contributed by atoms with Crippen molar-refractivity contribution < 1.29 is 19.0 Å². The highest BCUT2D eigenvalue weighted by molar-refractivity contribution is 5.87. The highest BCUT2D eigenvalue weighted by atomic mass is 19.1. The van der Waals surface area contributed by atoms with Crippen molar-refractivity contribution in [2.45, 2.75) is 6.17 Å². The second-order valence-electron chi connectivity index (χ2n) is 4.03. The van der Waals surface area contributed by atoms with Gasteiger partial charge in [-0.05, 0) is 24.3 Å². The number of ether oxygens (including phenoxy) is 1. The summed E-state index contributed by atoms with van der Waals surface area (Å²) >= 11 is 0. The molecule has 1 fully saturated rings. The van der Waals surface area contributed by atoms with Crippen LogP contribution in [0.1, 0.15) is 10.4 Å². The monoisotopic (exact) mass is 239 g/mol. The molecule has 1 aromatic rings. The van der Waals surface area contributed by atoms with Crippen LogP contribution in [0.15, 0.2) is 24.3 Å². The van der Waals surface area contributed by atoms with Gasteiger partial charge in [-0.25, -0.2) is 9.18 Å². The zero-order valence-electron chi connectivity index (χ0n) is 9.30. The Kier molecular flexibility index (Phi) is 3.58. The summed E-state index contributed by atoms with van der Waals surface area (Å²) in [6.45, 7) is 2.16. The molecule has 1 N–H and O–H groups in total. The Bertz CT molecular complexity index is 387. The summed E-state index contributed by atoms with van der Waals surface area (Å²) in [5, 5.41) is 8.71. The first-order valence-corrected chi connectivity index (χ1v) is 5.48. The Hall–Kier alpha value is -1.62. The molecule has 17 heavy (non-hydrogen) atoms. The van der Waals surface area contributed by atoms with Crippen molar-refractivity contribution in [2.24, 2.45) is 0 Å². The van der Waals surface area contributed by atoms with Gasteiger partial charge in [0.25, 0.3) is 0 Å². The summed E-state index contributed by atoms with van der Waals surface area (Å²) in [5.41, 5.74) is 0.236. The number of carboxylic acid groups (broad SMARTS) is 1. The maximum atomic E-state index is 12.5. The first-order valence-electron chi connectivity index (χ1n) is 5.48. The van der Waals surface area contributed by atoms with Crippen LogP contribution in [0.4, 0.5) is 4.39 Å². The molecule has 92 valence electrons. The molecule has 0 radical (unpaired) electrons. The molecule has 0 atom stereocenters. The van der Waals surface area contributed by atoms with Crippen molar-refractivity contribution >= 4 is 5.97 Å². The van der Waals surface area contributed by atoms with Gasteiger partial charge in [-0.3, -0.25) is 4.90 Å². The maximum Gasteiger partial charge on any atom is 0.335 e. The van der Waals surface area contributed by atoms with E-state index in [1.807, 2.05) is 4.90 Å². The van der Waals surface area contributed by atoms with Crippen LogP contribution in [0.25, 0.3) is 0 Å². The molecule has 0 aromatic heterocycles. The van der Waals surface area contributed by atoms with Gasteiger partial charge in [0.2, 0.25) is 0 Å². The van der Waals surface area contributed by atoms with Crippen LogP contribution in [0.5, 0.6) is 5.75 Å². The molecular formula is C12H14FNO3. The van der Waals surface area contributed by atoms with E-state index < -0.39 is 12.1 Å². The second kappa shape index (κ2) is 5.14. The lowest BCUT2D eigenvalue weighted by Crippen LogP contribution is -2.49. The van der Waals surface area contributed by atoms with E-state index in [0.717, 1.165) is 0 Å². The number of benzene rings is 1. The zero-order valence-corrected chi connectivity index (χ0v) is 9.30. The summed E-state index contributed by atoms with van der Waals surface area (Å²) in [5.74, 6) is -0.321. The lowest BCUT2D eigenvalue weighted by atomic mass is 10.2. The second-order valence-corrected chi connectivity index (χ2v) is 4.03. The van der Waals surface area contributed by atoms with Gasteiger partial charge in [0.05, 0.1) is 5.56 Å². The average Bonchev–Trinajstić information content (AvgIpc) is 2.27. The lowest BCUT2D eigenvalue weighted by molar-refractivity contribution is 0.0539. The lowest BCUT2D eigenvalue weighted by Gasteiger charge is -2.33. The molecule has 1 saturated heterocycles. The third kappa shape index (κ3) is 3.17. The summed E-state index contributed by atoms with van der Waals surface area (Å²) in [4.78, 5) is 12.6. The van der Waals surface area contributed by atoms with Crippen molar-refractivity contribution in [3.63, 3.8) is 0 Å². The van der Waals surface area contributed by atoms with E-state index in [0.29, 0.717) is 32.0 Å². The Morgan fingerprint density at radius 3 is 2.59 bits per heavy atom. The van der Waals surface area contributed by atoms with Crippen molar-refractivity contribution in [1.29, 1.82) is 0 Å². The summed E-state index contributed by atoms with van der Waals surface area (Å²) < 4.78 is 17.9. The van der Waals surface area contributed by atoms with E-state index in [9.17, 15) is 9.18 Å². The highest BCUT2D eigenvalue weighted by Crippen LogP contribution is 2.13. The van der Waals surface area contributed by atoms with E-state index in [2.05, 4.69) is 0 Å². The van der Waals surface area contributed by atoms with Gasteiger partial charge >= 0.3 is 5.97 Å². The van der Waals surface area contributed by atoms with Crippen LogP contribution < -0.4 is 4.74 Å². The molecule has 1 aliphatic rings. The molecule has 1 aliphatic heterocycles. The van der Waals surface area contributed by atoms with Crippen LogP contribution in [0.3, 0.4) is 0 Å². The first-order chi connectivity index (χ1) is 8.15. The number of nitrogens with zero attached hydrogens (tertiary/aromatic N) is 1. The number of rotatable bonds is 5. The van der Waals surface area contributed by atoms with Crippen molar-refractivity contribution in [1.82, 2.24) is 4.90 Å². The minimum absolute atomic E-state index is 0.236. The topological polar surface area (TPSA) is 49.8 Å². The van der Waals surface area contributed by atoms with Crippen LogP contribution >= 0.6 is 0 Å². The molecule has 0 unspecified atom stereocenters. The van der Waals surface area contributed by atoms with Gasteiger partial charge in [-0.1, -0.05) is 0 Å². The van der Waals surface area contributed by atoms with Crippen molar-refractivity contribution in [3.05, 3.63) is 29.8 Å². The fraction of sp³-hybridized carbons (Fsp3) is 0.417. The zero-order chi connectivity index (χ0) is 12.3. The molecule has 0 bridgehead atoms. The molecule has 0 saturated carbocycles. The van der Waals surface area contributed by atoms with Crippen LogP contribution in [-0.2, 0) is 0 Å². The standard InChI is InChI=1S/C12H14FNO3/c13-10-7-14(8-10)5-6-17-11-3-1-9(2-4-11)12(15)16/h1-4,10H,5-8H2,(H,15,16).